The third kappa shape index (κ3) is 3.47. The maximum atomic E-state index is 12.2. The zero-order valence-corrected chi connectivity index (χ0v) is 16.0. The first-order chi connectivity index (χ1) is 13.2. The van der Waals surface area contributed by atoms with E-state index >= 15 is 0 Å². The topological polar surface area (TPSA) is 46.5 Å². The van der Waals surface area contributed by atoms with Crippen LogP contribution in [0.4, 0.5) is 0 Å². The van der Waals surface area contributed by atoms with Gasteiger partial charge in [-0.05, 0) is 72.6 Å². The Labute approximate surface area is 161 Å². The first kappa shape index (κ1) is 18.1. The zero-order valence-electron chi connectivity index (χ0n) is 16.0. The molecular formula is C24H28O3. The average molecular weight is 364 g/mol. The summed E-state index contributed by atoms with van der Waals surface area (Å²) in [5, 5.41) is 10.2. The van der Waals surface area contributed by atoms with Gasteiger partial charge in [0.1, 0.15) is 11.3 Å². The number of hydrogen-bond acceptors (Lipinski definition) is 3. The van der Waals surface area contributed by atoms with E-state index in [4.69, 9.17) is 4.74 Å². The second kappa shape index (κ2) is 7.75. The first-order valence-electron chi connectivity index (χ1n) is 10.2. The lowest BCUT2D eigenvalue weighted by Gasteiger charge is -2.43. The van der Waals surface area contributed by atoms with Crippen LogP contribution in [0.3, 0.4) is 0 Å². The number of phenols is 1. The van der Waals surface area contributed by atoms with Crippen LogP contribution >= 0.6 is 0 Å². The van der Waals surface area contributed by atoms with Gasteiger partial charge in [-0.2, -0.15) is 0 Å². The molecule has 0 radical (unpaired) electrons. The van der Waals surface area contributed by atoms with Gasteiger partial charge in [-0.1, -0.05) is 49.2 Å². The molecule has 0 amide bonds. The van der Waals surface area contributed by atoms with Crippen molar-refractivity contribution in [3.05, 3.63) is 64.7 Å². The van der Waals surface area contributed by atoms with Crippen molar-refractivity contribution in [3.63, 3.8) is 0 Å². The standard InChI is InChI=1S/C24H28O3/c1-27-24(26)23-16(9-6-12-22(23)25)13-14-21-19-10-4-2-7-17(19)15-18-8-3-5-11-20(18)21/h2,4,6-7,9-10,12,18,20-21,25H,3,5,8,11,13-15H2,1H3/t18-,20-,21+/m0/s1. The molecule has 2 aromatic carbocycles. The Kier molecular flexibility index (Phi) is 5.20. The molecule has 2 aliphatic carbocycles. The van der Waals surface area contributed by atoms with Crippen LogP contribution in [0.15, 0.2) is 42.5 Å². The van der Waals surface area contributed by atoms with E-state index < -0.39 is 5.97 Å². The molecule has 0 spiro atoms. The highest BCUT2D eigenvalue weighted by atomic mass is 16.5. The van der Waals surface area contributed by atoms with E-state index in [-0.39, 0.29) is 5.75 Å². The van der Waals surface area contributed by atoms with Gasteiger partial charge in [0, 0.05) is 0 Å². The molecule has 0 bridgehead atoms. The molecule has 0 saturated heterocycles. The molecule has 3 heteroatoms. The number of hydrogen-bond donors (Lipinski definition) is 1. The van der Waals surface area contributed by atoms with Gasteiger partial charge in [-0.25, -0.2) is 4.79 Å². The molecule has 2 aromatic rings. The molecule has 0 heterocycles. The summed E-state index contributed by atoms with van der Waals surface area (Å²) in [6, 6.07) is 14.2. The summed E-state index contributed by atoms with van der Waals surface area (Å²) in [6.45, 7) is 0. The Bertz CT molecular complexity index is 826. The smallest absolute Gasteiger partial charge is 0.341 e. The highest BCUT2D eigenvalue weighted by molar-refractivity contribution is 5.94. The number of aryl methyl sites for hydroxylation is 1. The molecule has 0 aliphatic heterocycles. The summed E-state index contributed by atoms with van der Waals surface area (Å²) >= 11 is 0. The van der Waals surface area contributed by atoms with Gasteiger partial charge in [-0.15, -0.1) is 0 Å². The number of rotatable bonds is 4. The summed E-state index contributed by atoms with van der Waals surface area (Å²) in [4.78, 5) is 12.2. The molecule has 27 heavy (non-hydrogen) atoms. The second-order valence-corrected chi connectivity index (χ2v) is 8.06. The van der Waals surface area contributed by atoms with Crippen LogP contribution in [0.25, 0.3) is 0 Å². The van der Waals surface area contributed by atoms with Gasteiger partial charge in [0.2, 0.25) is 0 Å². The van der Waals surface area contributed by atoms with Crippen LogP contribution in [0.2, 0.25) is 0 Å². The number of aromatic hydroxyl groups is 1. The zero-order chi connectivity index (χ0) is 18.8. The number of esters is 1. The summed E-state index contributed by atoms with van der Waals surface area (Å²) in [7, 11) is 1.36. The second-order valence-electron chi connectivity index (χ2n) is 8.06. The van der Waals surface area contributed by atoms with E-state index in [0.29, 0.717) is 11.5 Å². The van der Waals surface area contributed by atoms with E-state index in [1.165, 1.54) is 50.3 Å². The third-order valence-corrected chi connectivity index (χ3v) is 6.66. The Morgan fingerprint density at radius 2 is 1.93 bits per heavy atom. The molecule has 142 valence electrons. The molecule has 3 atom stereocenters. The lowest BCUT2D eigenvalue weighted by Crippen LogP contribution is -2.32. The SMILES string of the molecule is COC(=O)c1c(O)cccc1CC[C@@H]1c2ccccc2C[C@@H]2CCCC[C@@H]21. The molecule has 1 N–H and O–H groups in total. The fraction of sp³-hybridized carbons (Fsp3) is 0.458. The molecule has 4 rings (SSSR count). The van der Waals surface area contributed by atoms with Crippen molar-refractivity contribution >= 4 is 5.97 Å². The molecule has 1 saturated carbocycles. The van der Waals surface area contributed by atoms with Crippen LogP contribution in [0.1, 0.15) is 65.1 Å². The molecule has 3 nitrogen and oxygen atoms in total. The van der Waals surface area contributed by atoms with Gasteiger partial charge in [0.15, 0.2) is 0 Å². The monoisotopic (exact) mass is 364 g/mol. The lowest BCUT2D eigenvalue weighted by atomic mass is 9.62. The van der Waals surface area contributed by atoms with E-state index in [0.717, 1.165) is 30.2 Å². The Morgan fingerprint density at radius 3 is 2.78 bits per heavy atom. The Balaban J connectivity index is 1.62. The molecular weight excluding hydrogens is 336 g/mol. The van der Waals surface area contributed by atoms with E-state index in [9.17, 15) is 9.90 Å². The minimum Gasteiger partial charge on any atom is -0.507 e. The maximum absolute atomic E-state index is 12.2. The number of carbonyl (C=O) groups is 1. The predicted molar refractivity (Wildman–Crippen MR) is 106 cm³/mol. The van der Waals surface area contributed by atoms with Crippen molar-refractivity contribution in [1.82, 2.24) is 0 Å². The number of fused-ring (bicyclic) bond motifs is 2. The summed E-state index contributed by atoms with van der Waals surface area (Å²) in [5.41, 5.74) is 4.22. The number of carbonyl (C=O) groups excluding carboxylic acids is 1. The summed E-state index contributed by atoms with van der Waals surface area (Å²) < 4.78 is 4.89. The highest BCUT2D eigenvalue weighted by Crippen LogP contribution is 2.48. The minimum atomic E-state index is -0.456. The number of methoxy groups -OCH3 is 1. The average Bonchev–Trinajstić information content (AvgIpc) is 2.70. The maximum Gasteiger partial charge on any atom is 0.341 e. The predicted octanol–water partition coefficient (Wildman–Crippen LogP) is 5.26. The van der Waals surface area contributed by atoms with Gasteiger partial charge >= 0.3 is 5.97 Å². The first-order valence-corrected chi connectivity index (χ1v) is 10.2. The number of phenolic OH excluding ortho intramolecular Hbond substituents is 1. The van der Waals surface area contributed by atoms with Crippen molar-refractivity contribution in [3.8, 4) is 5.75 Å². The van der Waals surface area contributed by atoms with Crippen LogP contribution in [0, 0.1) is 11.8 Å². The Morgan fingerprint density at radius 1 is 1.11 bits per heavy atom. The fourth-order valence-electron chi connectivity index (χ4n) is 5.43. The number of ether oxygens (including phenoxy) is 1. The molecule has 0 unspecified atom stereocenters. The highest BCUT2D eigenvalue weighted by Gasteiger charge is 2.37. The largest absolute Gasteiger partial charge is 0.507 e. The van der Waals surface area contributed by atoms with Crippen LogP contribution in [-0.4, -0.2) is 18.2 Å². The van der Waals surface area contributed by atoms with Crippen molar-refractivity contribution in [2.24, 2.45) is 11.8 Å². The van der Waals surface area contributed by atoms with Crippen molar-refractivity contribution < 1.29 is 14.6 Å². The van der Waals surface area contributed by atoms with Crippen LogP contribution in [-0.2, 0) is 17.6 Å². The van der Waals surface area contributed by atoms with Crippen molar-refractivity contribution in [2.45, 2.75) is 50.9 Å². The van der Waals surface area contributed by atoms with Crippen molar-refractivity contribution in [1.29, 1.82) is 0 Å². The number of benzene rings is 2. The van der Waals surface area contributed by atoms with Crippen LogP contribution in [0.5, 0.6) is 5.75 Å². The van der Waals surface area contributed by atoms with E-state index in [1.54, 1.807) is 6.07 Å². The lowest BCUT2D eigenvalue weighted by molar-refractivity contribution is 0.0596. The van der Waals surface area contributed by atoms with Gasteiger partial charge in [-0.3, -0.25) is 0 Å². The summed E-state index contributed by atoms with van der Waals surface area (Å²) in [6.07, 6.45) is 8.35. The third-order valence-electron chi connectivity index (χ3n) is 6.66. The summed E-state index contributed by atoms with van der Waals surface area (Å²) in [5.74, 6) is 1.63. The van der Waals surface area contributed by atoms with Crippen molar-refractivity contribution in [2.75, 3.05) is 7.11 Å². The quantitative estimate of drug-likeness (QED) is 0.753. The minimum absolute atomic E-state index is 0.0129. The van der Waals surface area contributed by atoms with E-state index in [1.807, 2.05) is 12.1 Å². The normalized spacial score (nSPS) is 24.0. The van der Waals surface area contributed by atoms with Gasteiger partial charge in [0.25, 0.3) is 0 Å². The van der Waals surface area contributed by atoms with E-state index in [2.05, 4.69) is 24.3 Å². The molecule has 1 fully saturated rings. The Hall–Kier alpha value is -2.29. The fourth-order valence-corrected chi connectivity index (χ4v) is 5.43. The molecule has 0 aromatic heterocycles. The van der Waals surface area contributed by atoms with Crippen LogP contribution < -0.4 is 0 Å². The molecule has 2 aliphatic rings. The van der Waals surface area contributed by atoms with Gasteiger partial charge in [0.05, 0.1) is 7.11 Å². The van der Waals surface area contributed by atoms with Gasteiger partial charge < -0.3 is 9.84 Å².